The van der Waals surface area contributed by atoms with Crippen molar-refractivity contribution in [1.82, 2.24) is 14.8 Å². The fourth-order valence-electron chi connectivity index (χ4n) is 4.43. The van der Waals surface area contributed by atoms with E-state index < -0.39 is 54.1 Å². The Hall–Kier alpha value is -7.04. The van der Waals surface area contributed by atoms with Crippen LogP contribution in [-0.4, -0.2) is 83.3 Å². The Labute approximate surface area is 334 Å². The van der Waals surface area contributed by atoms with Crippen LogP contribution in [0.25, 0.3) is 17.0 Å². The summed E-state index contributed by atoms with van der Waals surface area (Å²) >= 11 is 0. The third-order valence-electron chi connectivity index (χ3n) is 7.18. The quantitative estimate of drug-likeness (QED) is 0.0468. The molecule has 5 aromatic rings. The van der Waals surface area contributed by atoms with Crippen molar-refractivity contribution in [2.24, 2.45) is 0 Å². The largest absolute Gasteiger partial charge is 0.396 e. The molecule has 0 radical (unpaired) electrons. The Morgan fingerprint density at radius 2 is 1.22 bits per heavy atom. The Morgan fingerprint density at radius 1 is 0.695 bits per heavy atom. The van der Waals surface area contributed by atoms with E-state index in [1.165, 1.54) is 37.4 Å². The van der Waals surface area contributed by atoms with Gasteiger partial charge in [-0.3, -0.25) is 45.4 Å². The number of halogens is 4. The van der Waals surface area contributed by atoms with E-state index in [9.17, 15) is 58.0 Å². The standard InChI is InChI=1S/C10H10FN3O4.C8H7FN2.C7H5FN2O4.C7H7F.C5H13NO2/c1-12(2)4-3-7-5-8(11)10(14(17)18)6-9(7)13(15)16;9-6-3-5-1-2-11-8(5)4-7(6)10;1-4-2-5(8)7(10(13)14)3-6(4)9(11)12;1-6-3-2-4-7(8)5-6;1-6(2)5(7-3)8-4/h3-6H,1-2H3;1-4,11H,10H2;2-3H,1H3;2-5H,1H3;5H,1-4H3/b4-3+;;;;. The number of aryl methyl sites for hydroxylation is 2. The number of methoxy groups -OCH3 is 2. The van der Waals surface area contributed by atoms with Crippen molar-refractivity contribution in [2.45, 2.75) is 20.3 Å². The summed E-state index contributed by atoms with van der Waals surface area (Å²) in [6, 6.07) is 14.1. The van der Waals surface area contributed by atoms with E-state index in [4.69, 9.17) is 15.2 Å². The van der Waals surface area contributed by atoms with Gasteiger partial charge in [-0.15, -0.1) is 0 Å². The average molecular weight is 835 g/mol. The normalized spacial score (nSPS) is 10.3. The second kappa shape index (κ2) is 23.9. The zero-order chi connectivity index (χ0) is 45.1. The molecule has 0 aliphatic heterocycles. The number of nitro benzene ring substituents is 4. The molecule has 0 saturated heterocycles. The minimum atomic E-state index is -1.11. The first kappa shape index (κ1) is 50.0. The molecule has 3 N–H and O–H groups in total. The molecule has 0 saturated carbocycles. The number of anilines is 1. The topological polar surface area (TPSA) is 239 Å². The van der Waals surface area contributed by atoms with Gasteiger partial charge >= 0.3 is 11.4 Å². The van der Waals surface area contributed by atoms with Crippen LogP contribution < -0.4 is 5.73 Å². The molecule has 0 aliphatic rings. The number of aromatic amines is 1. The van der Waals surface area contributed by atoms with Gasteiger partial charge in [-0.1, -0.05) is 12.1 Å². The van der Waals surface area contributed by atoms with Crippen LogP contribution in [0.3, 0.4) is 0 Å². The lowest BCUT2D eigenvalue weighted by Gasteiger charge is -2.19. The number of hydrogen-bond donors (Lipinski definition) is 2. The van der Waals surface area contributed by atoms with E-state index in [1.54, 1.807) is 57.6 Å². The van der Waals surface area contributed by atoms with Crippen LogP contribution in [0.2, 0.25) is 0 Å². The summed E-state index contributed by atoms with van der Waals surface area (Å²) < 4.78 is 60.9. The van der Waals surface area contributed by atoms with E-state index in [2.05, 4.69) is 4.98 Å². The van der Waals surface area contributed by atoms with Crippen LogP contribution in [0.1, 0.15) is 16.7 Å². The van der Waals surface area contributed by atoms with Gasteiger partial charge in [0.1, 0.15) is 11.6 Å². The summed E-state index contributed by atoms with van der Waals surface area (Å²) in [6.07, 6.45) is 4.33. The van der Waals surface area contributed by atoms with Crippen LogP contribution in [0.5, 0.6) is 0 Å². The number of benzene rings is 4. The molecule has 4 aromatic carbocycles. The van der Waals surface area contributed by atoms with Gasteiger partial charge in [0.2, 0.25) is 18.0 Å². The maximum atomic E-state index is 13.4. The van der Waals surface area contributed by atoms with Crippen molar-refractivity contribution >= 4 is 45.4 Å². The number of nitrogens with two attached hydrogens (primary N) is 1. The molecule has 0 fully saturated rings. The number of H-pyrrole nitrogens is 1. The lowest BCUT2D eigenvalue weighted by atomic mass is 10.1. The highest BCUT2D eigenvalue weighted by Crippen LogP contribution is 2.29. The molecule has 318 valence electrons. The van der Waals surface area contributed by atoms with Gasteiger partial charge < -0.3 is 25.1 Å². The lowest BCUT2D eigenvalue weighted by Crippen LogP contribution is -2.30. The highest BCUT2D eigenvalue weighted by atomic mass is 19.1. The number of fused-ring (bicyclic) bond motifs is 1. The number of aromatic nitrogens is 1. The Kier molecular flexibility index (Phi) is 20.2. The molecular weight excluding hydrogens is 792 g/mol. The number of nitro groups is 4. The predicted octanol–water partition coefficient (Wildman–Crippen LogP) is 8.27. The first-order valence-corrected chi connectivity index (χ1v) is 16.6. The summed E-state index contributed by atoms with van der Waals surface area (Å²) in [6.45, 7) is 3.17. The number of nitrogen functional groups attached to an aromatic ring is 1. The predicted molar refractivity (Wildman–Crippen MR) is 212 cm³/mol. The minimum Gasteiger partial charge on any atom is -0.396 e. The van der Waals surface area contributed by atoms with Gasteiger partial charge in [0.05, 0.1) is 43.1 Å². The van der Waals surface area contributed by atoms with Crippen molar-refractivity contribution in [3.63, 3.8) is 0 Å². The molecular formula is C37H42F4N8O10. The molecule has 0 atom stereocenters. The summed E-state index contributed by atoms with van der Waals surface area (Å²) in [5.74, 6) is -2.70. The first-order valence-electron chi connectivity index (χ1n) is 16.6. The SMILES string of the molecule is CN(C)/C=C/c1cc(F)c([N+](=O)[O-])cc1[N+](=O)[O-].COC(OC)N(C)C.Cc1cc(F)c([N+](=O)[O-])cc1[N+](=O)[O-].Cc1cccc(F)c1.Nc1cc2[nH]ccc2cc1F. The van der Waals surface area contributed by atoms with Gasteiger partial charge in [-0.25, -0.2) is 8.78 Å². The minimum absolute atomic E-state index is 0.0307. The zero-order valence-electron chi connectivity index (χ0n) is 33.0. The maximum absolute atomic E-state index is 13.4. The van der Waals surface area contributed by atoms with Crippen LogP contribution >= 0.6 is 0 Å². The van der Waals surface area contributed by atoms with Crippen LogP contribution in [0, 0.1) is 77.6 Å². The smallest absolute Gasteiger partial charge is 0.311 e. The maximum Gasteiger partial charge on any atom is 0.311 e. The lowest BCUT2D eigenvalue weighted by molar-refractivity contribution is -0.396. The van der Waals surface area contributed by atoms with Gasteiger partial charge in [0.15, 0.2) is 0 Å². The molecule has 0 aliphatic carbocycles. The van der Waals surface area contributed by atoms with Crippen LogP contribution in [0.15, 0.2) is 79.1 Å². The van der Waals surface area contributed by atoms with Gasteiger partial charge in [-0.2, -0.15) is 8.78 Å². The van der Waals surface area contributed by atoms with E-state index >= 15 is 0 Å². The Balaban J connectivity index is 0.000000382. The number of ether oxygens (including phenoxy) is 2. The monoisotopic (exact) mass is 834 g/mol. The molecule has 1 heterocycles. The van der Waals surface area contributed by atoms with E-state index in [0.717, 1.165) is 28.6 Å². The first-order chi connectivity index (χ1) is 27.5. The Bertz CT molecular complexity index is 2160. The van der Waals surface area contributed by atoms with Crippen molar-refractivity contribution in [3.8, 4) is 0 Å². The third kappa shape index (κ3) is 16.5. The van der Waals surface area contributed by atoms with E-state index in [-0.39, 0.29) is 34.9 Å². The van der Waals surface area contributed by atoms with E-state index in [0.29, 0.717) is 12.1 Å². The zero-order valence-corrected chi connectivity index (χ0v) is 33.0. The molecule has 1 aromatic heterocycles. The summed E-state index contributed by atoms with van der Waals surface area (Å²) in [5.41, 5.74) is 4.61. The van der Waals surface area contributed by atoms with Crippen LogP contribution in [0.4, 0.5) is 46.0 Å². The number of rotatable bonds is 9. The average Bonchev–Trinajstić information content (AvgIpc) is 3.58. The van der Waals surface area contributed by atoms with E-state index in [1.807, 2.05) is 32.0 Å². The highest BCUT2D eigenvalue weighted by molar-refractivity contribution is 5.82. The number of nitrogens with one attached hydrogen (secondary N) is 1. The highest BCUT2D eigenvalue weighted by Gasteiger charge is 2.24. The fourth-order valence-corrected chi connectivity index (χ4v) is 4.43. The number of hydrogen-bond acceptors (Lipinski definition) is 13. The van der Waals surface area contributed by atoms with Crippen molar-refractivity contribution in [1.29, 1.82) is 0 Å². The molecule has 22 heteroatoms. The Morgan fingerprint density at radius 3 is 1.64 bits per heavy atom. The number of nitrogens with zero attached hydrogens (tertiary/aromatic N) is 6. The second-order valence-corrected chi connectivity index (χ2v) is 12.2. The third-order valence-corrected chi connectivity index (χ3v) is 7.18. The van der Waals surface area contributed by atoms with Crippen molar-refractivity contribution < 1.29 is 46.7 Å². The van der Waals surface area contributed by atoms with Crippen LogP contribution in [-0.2, 0) is 9.47 Å². The fraction of sp³-hybridized carbons (Fsp3) is 0.243. The summed E-state index contributed by atoms with van der Waals surface area (Å²) in [4.78, 5) is 44.7. The van der Waals surface area contributed by atoms with Crippen molar-refractivity contribution in [3.05, 3.63) is 160 Å². The summed E-state index contributed by atoms with van der Waals surface area (Å²) in [5, 5.41) is 42.7. The second-order valence-electron chi connectivity index (χ2n) is 12.2. The van der Waals surface area contributed by atoms with Gasteiger partial charge in [0.25, 0.3) is 11.4 Å². The molecule has 0 bridgehead atoms. The molecule has 5 rings (SSSR count). The molecule has 0 unspecified atom stereocenters. The van der Waals surface area contributed by atoms with Gasteiger partial charge in [0, 0.05) is 51.0 Å². The summed E-state index contributed by atoms with van der Waals surface area (Å²) in [7, 11) is 10.4. The molecule has 0 spiro atoms. The van der Waals surface area contributed by atoms with Gasteiger partial charge in [-0.05, 0) is 88.2 Å². The molecule has 59 heavy (non-hydrogen) atoms. The molecule has 18 nitrogen and oxygen atoms in total. The van der Waals surface area contributed by atoms with Crippen molar-refractivity contribution in [2.75, 3.05) is 48.1 Å². The molecule has 0 amide bonds.